The fourth-order valence-corrected chi connectivity index (χ4v) is 3.20. The summed E-state index contributed by atoms with van der Waals surface area (Å²) in [5.41, 5.74) is 9.94. The molecule has 22 heavy (non-hydrogen) atoms. The van der Waals surface area contributed by atoms with E-state index in [1.54, 1.807) is 4.52 Å². The Morgan fingerprint density at radius 2 is 2.00 bits per heavy atom. The van der Waals surface area contributed by atoms with Crippen molar-refractivity contribution in [3.8, 4) is 11.1 Å². The second kappa shape index (κ2) is 5.81. The van der Waals surface area contributed by atoms with E-state index < -0.39 is 0 Å². The van der Waals surface area contributed by atoms with E-state index in [1.165, 1.54) is 11.8 Å². The second-order valence-electron chi connectivity index (χ2n) is 5.05. The first-order valence-electron chi connectivity index (χ1n) is 6.90. The third-order valence-electron chi connectivity index (χ3n) is 3.28. The molecule has 2 aromatic heterocycles. The molecule has 0 aliphatic rings. The number of hydrogen-bond acceptors (Lipinski definition) is 4. The Kier molecular flexibility index (Phi) is 3.85. The summed E-state index contributed by atoms with van der Waals surface area (Å²) in [6, 6.07) is 12.0. The topological polar surface area (TPSA) is 73.3 Å². The van der Waals surface area contributed by atoms with Crippen LogP contribution in [0.3, 0.4) is 0 Å². The average molecular weight is 312 g/mol. The van der Waals surface area contributed by atoms with Crippen LogP contribution in [0.25, 0.3) is 16.8 Å². The van der Waals surface area contributed by atoms with Gasteiger partial charge in [0.05, 0.1) is 11.4 Å². The minimum Gasteiger partial charge on any atom is -0.369 e. The molecule has 0 unspecified atom stereocenters. The van der Waals surface area contributed by atoms with Gasteiger partial charge in [0.1, 0.15) is 5.03 Å². The number of nitrogens with two attached hydrogens (primary N) is 1. The number of fused-ring (bicyclic) bond motifs is 1. The summed E-state index contributed by atoms with van der Waals surface area (Å²) in [6.07, 6.45) is 0. The Morgan fingerprint density at radius 1 is 1.27 bits per heavy atom. The molecule has 5 nitrogen and oxygen atoms in total. The predicted molar refractivity (Wildman–Crippen MR) is 87.8 cm³/mol. The van der Waals surface area contributed by atoms with Gasteiger partial charge in [0, 0.05) is 11.3 Å². The molecule has 6 heteroatoms. The first-order valence-corrected chi connectivity index (χ1v) is 7.88. The maximum Gasteiger partial charge on any atom is 0.227 e. The maximum absolute atomic E-state index is 11.0. The number of aryl methyl sites for hydroxylation is 2. The van der Waals surface area contributed by atoms with Gasteiger partial charge in [-0.3, -0.25) is 4.79 Å². The Bertz CT molecular complexity index is 842. The predicted octanol–water partition coefficient (Wildman–Crippen LogP) is 2.59. The summed E-state index contributed by atoms with van der Waals surface area (Å²) in [7, 11) is 0. The zero-order valence-electron chi connectivity index (χ0n) is 12.4. The minimum atomic E-state index is -0.347. The molecule has 0 radical (unpaired) electrons. The number of benzene rings is 1. The van der Waals surface area contributed by atoms with Crippen LogP contribution in [-0.2, 0) is 4.79 Å². The summed E-state index contributed by atoms with van der Waals surface area (Å²) < 4.78 is 1.79. The number of nitrogens with zero attached hydrogens (tertiary/aromatic N) is 3. The molecule has 112 valence electrons. The van der Waals surface area contributed by atoms with Gasteiger partial charge < -0.3 is 5.73 Å². The van der Waals surface area contributed by atoms with E-state index in [4.69, 9.17) is 5.73 Å². The molecule has 3 rings (SSSR count). The number of carbonyl (C=O) groups excluding carboxylic acids is 1. The van der Waals surface area contributed by atoms with Gasteiger partial charge >= 0.3 is 0 Å². The summed E-state index contributed by atoms with van der Waals surface area (Å²) in [5.74, 6) is -0.127. The SMILES string of the molecule is Cc1cc(SCC(N)=O)n2nc(C)c(-c3ccccc3)c2n1. The number of rotatable bonds is 4. The fourth-order valence-electron chi connectivity index (χ4n) is 2.40. The van der Waals surface area contributed by atoms with Gasteiger partial charge in [-0.25, -0.2) is 9.50 Å². The van der Waals surface area contributed by atoms with Crippen LogP contribution in [0, 0.1) is 13.8 Å². The van der Waals surface area contributed by atoms with Crippen molar-refractivity contribution in [2.45, 2.75) is 18.9 Å². The van der Waals surface area contributed by atoms with Gasteiger partial charge in [0.25, 0.3) is 0 Å². The largest absolute Gasteiger partial charge is 0.369 e. The molecule has 0 saturated carbocycles. The van der Waals surface area contributed by atoms with Crippen molar-refractivity contribution in [3.05, 3.63) is 47.8 Å². The minimum absolute atomic E-state index is 0.220. The van der Waals surface area contributed by atoms with Crippen LogP contribution in [-0.4, -0.2) is 26.3 Å². The molecule has 1 amide bonds. The van der Waals surface area contributed by atoms with Gasteiger partial charge in [-0.1, -0.05) is 42.1 Å². The zero-order chi connectivity index (χ0) is 15.7. The highest BCUT2D eigenvalue weighted by Gasteiger charge is 2.16. The Balaban J connectivity index is 2.19. The van der Waals surface area contributed by atoms with Gasteiger partial charge in [-0.2, -0.15) is 5.10 Å². The van der Waals surface area contributed by atoms with E-state index in [0.717, 1.165) is 33.2 Å². The smallest absolute Gasteiger partial charge is 0.227 e. The molecule has 0 saturated heterocycles. The highest BCUT2D eigenvalue weighted by molar-refractivity contribution is 7.99. The van der Waals surface area contributed by atoms with Crippen LogP contribution in [0.5, 0.6) is 0 Å². The first kappa shape index (κ1) is 14.6. The fraction of sp³-hybridized carbons (Fsp3) is 0.188. The van der Waals surface area contributed by atoms with E-state index in [2.05, 4.69) is 10.1 Å². The van der Waals surface area contributed by atoms with Crippen molar-refractivity contribution in [1.29, 1.82) is 0 Å². The second-order valence-corrected chi connectivity index (χ2v) is 6.05. The Labute approximate surface area is 132 Å². The third-order valence-corrected chi connectivity index (χ3v) is 4.30. The van der Waals surface area contributed by atoms with Gasteiger partial charge in [0.15, 0.2) is 5.65 Å². The van der Waals surface area contributed by atoms with Gasteiger partial charge in [0.2, 0.25) is 5.91 Å². The molecule has 2 heterocycles. The number of carbonyl (C=O) groups is 1. The lowest BCUT2D eigenvalue weighted by Gasteiger charge is -2.05. The summed E-state index contributed by atoms with van der Waals surface area (Å²) in [6.45, 7) is 3.90. The van der Waals surface area contributed by atoms with Crippen LogP contribution in [0.4, 0.5) is 0 Å². The molecule has 0 aliphatic heterocycles. The molecule has 2 N–H and O–H groups in total. The molecule has 0 fully saturated rings. The van der Waals surface area contributed by atoms with E-state index in [0.29, 0.717) is 0 Å². The van der Waals surface area contributed by atoms with Crippen molar-refractivity contribution in [2.24, 2.45) is 5.73 Å². The molecule has 1 aromatic carbocycles. The van der Waals surface area contributed by atoms with E-state index >= 15 is 0 Å². The van der Waals surface area contributed by atoms with Crippen molar-refractivity contribution in [2.75, 3.05) is 5.75 Å². The number of hydrogen-bond donors (Lipinski definition) is 1. The van der Waals surface area contributed by atoms with Gasteiger partial charge in [-0.05, 0) is 25.5 Å². The number of aromatic nitrogens is 3. The van der Waals surface area contributed by atoms with Crippen LogP contribution in [0.15, 0.2) is 41.4 Å². The molecule has 0 aliphatic carbocycles. The first-order chi connectivity index (χ1) is 10.6. The van der Waals surface area contributed by atoms with E-state index in [-0.39, 0.29) is 11.7 Å². The van der Waals surface area contributed by atoms with Crippen molar-refractivity contribution in [3.63, 3.8) is 0 Å². The van der Waals surface area contributed by atoms with E-state index in [9.17, 15) is 4.79 Å². The van der Waals surface area contributed by atoms with Crippen molar-refractivity contribution in [1.82, 2.24) is 14.6 Å². The number of amides is 1. The molecule has 0 bridgehead atoms. The normalized spacial score (nSPS) is 11.0. The summed E-state index contributed by atoms with van der Waals surface area (Å²) >= 11 is 1.38. The number of primary amides is 1. The summed E-state index contributed by atoms with van der Waals surface area (Å²) in [4.78, 5) is 15.7. The van der Waals surface area contributed by atoms with Crippen LogP contribution < -0.4 is 5.73 Å². The highest BCUT2D eigenvalue weighted by Crippen LogP contribution is 2.30. The molecule has 0 spiro atoms. The summed E-state index contributed by atoms with van der Waals surface area (Å²) in [5, 5.41) is 5.46. The van der Waals surface area contributed by atoms with E-state index in [1.807, 2.05) is 50.2 Å². The third kappa shape index (κ3) is 2.69. The molecule has 3 aromatic rings. The molecule has 0 atom stereocenters. The molecular weight excluding hydrogens is 296 g/mol. The average Bonchev–Trinajstić information content (AvgIpc) is 2.81. The monoisotopic (exact) mass is 312 g/mol. The number of thioether (sulfide) groups is 1. The van der Waals surface area contributed by atoms with Crippen LogP contribution in [0.1, 0.15) is 11.4 Å². The Morgan fingerprint density at radius 3 is 2.68 bits per heavy atom. The van der Waals surface area contributed by atoms with Crippen molar-refractivity contribution >= 4 is 23.3 Å². The Hall–Kier alpha value is -2.34. The lowest BCUT2D eigenvalue weighted by Crippen LogP contribution is -2.13. The van der Waals surface area contributed by atoms with Crippen LogP contribution in [0.2, 0.25) is 0 Å². The zero-order valence-corrected chi connectivity index (χ0v) is 13.2. The van der Waals surface area contributed by atoms with Gasteiger partial charge in [-0.15, -0.1) is 0 Å². The maximum atomic E-state index is 11.0. The lowest BCUT2D eigenvalue weighted by atomic mass is 10.1. The quantitative estimate of drug-likeness (QED) is 0.593. The van der Waals surface area contributed by atoms with Crippen molar-refractivity contribution < 1.29 is 4.79 Å². The van der Waals surface area contributed by atoms with Crippen LogP contribution >= 0.6 is 11.8 Å². The lowest BCUT2D eigenvalue weighted by molar-refractivity contribution is -0.115. The molecular formula is C16H16N4OS. The standard InChI is InChI=1S/C16H16N4OS/c1-10-8-14(22-9-13(17)21)20-16(18-10)15(11(2)19-20)12-6-4-3-5-7-12/h3-8H,9H2,1-2H3,(H2,17,21). The highest BCUT2D eigenvalue weighted by atomic mass is 32.2.